The lowest BCUT2D eigenvalue weighted by Crippen LogP contribution is -2.17. The Balaban J connectivity index is 1.19. The quantitative estimate of drug-likeness (QED) is 0.0477. The van der Waals surface area contributed by atoms with E-state index < -0.39 is 40.8 Å². The number of thiophene rings is 1. The molecule has 2 atom stereocenters. The SMILES string of the molecule is Fc1cc2c3c4c5c(c6cccc(c7c8c9c%10c(ccc9c(c1F)c27)-c1c(F)c(F)c(F)c(F)c1C%10C=C8)c63)C=CC1=c2sc3ccccc3c2=C(C=C4)C15. The molecule has 0 saturated heterocycles. The van der Waals surface area contributed by atoms with Crippen LogP contribution in [0.25, 0.3) is 104 Å². The summed E-state index contributed by atoms with van der Waals surface area (Å²) in [6.45, 7) is 0. The van der Waals surface area contributed by atoms with Gasteiger partial charge in [-0.1, -0.05) is 85.0 Å². The van der Waals surface area contributed by atoms with Gasteiger partial charge < -0.3 is 0 Å². The summed E-state index contributed by atoms with van der Waals surface area (Å²) in [5, 5.41) is 8.82. The smallest absolute Gasteiger partial charge is 0.198 e. The van der Waals surface area contributed by atoms with E-state index in [1.807, 2.05) is 12.1 Å². The normalized spacial score (nSPS) is 18.1. The minimum atomic E-state index is -1.88. The van der Waals surface area contributed by atoms with Crippen LogP contribution in [0.5, 0.6) is 0 Å². The molecule has 0 fully saturated rings. The van der Waals surface area contributed by atoms with Gasteiger partial charge >= 0.3 is 0 Å². The molecule has 0 N–H and O–H groups in total. The minimum absolute atomic E-state index is 0.00495. The number of benzene rings is 8. The Hall–Kier alpha value is -6.18. The molecule has 0 nitrogen and oxygen atoms in total. The highest BCUT2D eigenvalue weighted by Crippen LogP contribution is 2.59. The van der Waals surface area contributed by atoms with E-state index in [0.29, 0.717) is 38.1 Å². The van der Waals surface area contributed by atoms with Gasteiger partial charge in [-0.3, -0.25) is 0 Å². The van der Waals surface area contributed by atoms with E-state index in [0.717, 1.165) is 38.2 Å². The van der Waals surface area contributed by atoms with Crippen LogP contribution in [0.2, 0.25) is 0 Å². The second-order valence-corrected chi connectivity index (χ2v) is 16.3. The summed E-state index contributed by atoms with van der Waals surface area (Å²) in [5.74, 6) is -9.68. The number of hydrogen-bond acceptors (Lipinski definition) is 1. The van der Waals surface area contributed by atoms with E-state index >= 15 is 17.6 Å². The average Bonchev–Trinajstić information content (AvgIpc) is 3.86. The van der Waals surface area contributed by atoms with Crippen LogP contribution >= 0.6 is 11.3 Å². The summed E-state index contributed by atoms with van der Waals surface area (Å²) in [6.07, 6.45) is 12.3. The molecule has 0 spiro atoms. The van der Waals surface area contributed by atoms with Crippen molar-refractivity contribution in [3.8, 4) is 11.1 Å². The van der Waals surface area contributed by atoms with Gasteiger partial charge in [-0.05, 0) is 99.7 Å². The maximum atomic E-state index is 16.7. The van der Waals surface area contributed by atoms with Gasteiger partial charge in [-0.25, -0.2) is 26.3 Å². The largest absolute Gasteiger partial charge is 0.204 e. The van der Waals surface area contributed by atoms with Crippen LogP contribution in [-0.4, -0.2) is 0 Å². The van der Waals surface area contributed by atoms with Crippen molar-refractivity contribution >= 4 is 105 Å². The number of fused-ring (bicyclic) bond motifs is 12. The molecule has 0 saturated carbocycles. The van der Waals surface area contributed by atoms with Crippen LogP contribution in [0.4, 0.5) is 26.3 Å². The van der Waals surface area contributed by atoms with Crippen molar-refractivity contribution in [1.82, 2.24) is 0 Å². The highest BCUT2D eigenvalue weighted by molar-refractivity contribution is 7.17. The van der Waals surface area contributed by atoms with Gasteiger partial charge in [-0.2, -0.15) is 0 Å². The number of rotatable bonds is 0. The van der Waals surface area contributed by atoms with Gasteiger partial charge in [-0.15, -0.1) is 11.3 Å². The maximum Gasteiger partial charge on any atom is 0.198 e. The molecule has 0 bridgehead atoms. The Morgan fingerprint density at radius 2 is 1.22 bits per heavy atom. The maximum absolute atomic E-state index is 16.7. The van der Waals surface area contributed by atoms with Gasteiger partial charge in [0.2, 0.25) is 0 Å². The third kappa shape index (κ3) is 3.00. The average molecular weight is 741 g/mol. The van der Waals surface area contributed by atoms with Crippen LogP contribution in [0.1, 0.15) is 45.2 Å². The summed E-state index contributed by atoms with van der Waals surface area (Å²) in [4.78, 5) is 0. The van der Waals surface area contributed by atoms with Crippen molar-refractivity contribution in [3.63, 3.8) is 0 Å². The van der Waals surface area contributed by atoms with E-state index in [4.69, 9.17) is 0 Å². The first-order valence-corrected chi connectivity index (χ1v) is 18.9. The molecular formula is C48H18F6S. The Kier molecular flexibility index (Phi) is 4.88. The summed E-state index contributed by atoms with van der Waals surface area (Å²) in [7, 11) is 0. The van der Waals surface area contributed by atoms with Crippen LogP contribution in [-0.2, 0) is 0 Å². The first-order valence-electron chi connectivity index (χ1n) is 18.1. The lowest BCUT2D eigenvalue weighted by Gasteiger charge is -2.32. The lowest BCUT2D eigenvalue weighted by molar-refractivity contribution is 0.406. The molecule has 14 rings (SSSR count). The van der Waals surface area contributed by atoms with Crippen molar-refractivity contribution in [2.75, 3.05) is 0 Å². The number of hydrogen-bond donors (Lipinski definition) is 0. The molecule has 2 unspecified atom stereocenters. The summed E-state index contributed by atoms with van der Waals surface area (Å²) in [5.41, 5.74) is 6.39. The third-order valence-corrected chi connectivity index (χ3v) is 14.3. The fourth-order valence-electron chi connectivity index (χ4n) is 11.2. The van der Waals surface area contributed by atoms with E-state index in [9.17, 15) is 8.78 Å². The first-order chi connectivity index (χ1) is 26.8. The molecule has 1 aromatic heterocycles. The van der Waals surface area contributed by atoms with Gasteiger partial charge in [0.15, 0.2) is 34.9 Å². The molecule has 0 radical (unpaired) electrons. The predicted octanol–water partition coefficient (Wildman–Crippen LogP) is 12.2. The van der Waals surface area contributed by atoms with Gasteiger partial charge in [0.25, 0.3) is 0 Å². The van der Waals surface area contributed by atoms with Gasteiger partial charge in [0.1, 0.15) is 0 Å². The number of allylic oxidation sites excluding steroid dienone is 3. The van der Waals surface area contributed by atoms with Gasteiger partial charge in [0, 0.05) is 53.6 Å². The van der Waals surface area contributed by atoms with Crippen molar-refractivity contribution < 1.29 is 26.3 Å². The highest BCUT2D eigenvalue weighted by atomic mass is 32.1. The standard InChI is InChI=1S/C48H18F6S/c49-29-16-28-37-21-9-11-23-36-27(48-38(23)19-4-1-2-7-30(19)55-48)15-8-18(32(21)36)17-5-3-6-20(31(17)37)35-22-10-12-25-34-26(42-41(25)44(51)46(53)47(54)45(42)52)14-13-24(33(22)34)40(39(28)35)43(29)50/h1-16,25,36H. The van der Waals surface area contributed by atoms with Crippen LogP contribution in [0.15, 0.2) is 78.9 Å². The summed E-state index contributed by atoms with van der Waals surface area (Å²) in [6, 6.07) is 19.0. The van der Waals surface area contributed by atoms with Crippen molar-refractivity contribution in [2.24, 2.45) is 0 Å². The molecular weight excluding hydrogens is 723 g/mol. The first kappa shape index (κ1) is 29.2. The van der Waals surface area contributed by atoms with Crippen LogP contribution < -0.4 is 9.75 Å². The van der Waals surface area contributed by atoms with E-state index in [-0.39, 0.29) is 28.0 Å². The van der Waals surface area contributed by atoms with Crippen LogP contribution in [0, 0.1) is 34.9 Å². The monoisotopic (exact) mass is 740 g/mol. The Labute approximate surface area is 309 Å². The molecule has 0 amide bonds. The molecule has 1 heterocycles. The van der Waals surface area contributed by atoms with Crippen molar-refractivity contribution in [3.05, 3.63) is 157 Å². The van der Waals surface area contributed by atoms with Gasteiger partial charge in [0.05, 0.1) is 0 Å². The summed E-state index contributed by atoms with van der Waals surface area (Å²) >= 11 is 1.80. The Morgan fingerprint density at radius 1 is 0.473 bits per heavy atom. The molecule has 8 aromatic carbocycles. The zero-order valence-corrected chi connectivity index (χ0v) is 28.9. The van der Waals surface area contributed by atoms with E-state index in [1.165, 1.54) is 43.1 Å². The molecule has 7 heteroatoms. The van der Waals surface area contributed by atoms with Crippen molar-refractivity contribution in [1.29, 1.82) is 0 Å². The zero-order valence-electron chi connectivity index (χ0n) is 28.1. The molecule has 258 valence electrons. The van der Waals surface area contributed by atoms with E-state index in [2.05, 4.69) is 54.6 Å². The second-order valence-electron chi connectivity index (χ2n) is 15.2. The second kappa shape index (κ2) is 9.19. The van der Waals surface area contributed by atoms with E-state index in [1.54, 1.807) is 29.6 Å². The fourth-order valence-corrected chi connectivity index (χ4v) is 12.5. The molecule has 9 aromatic rings. The van der Waals surface area contributed by atoms with Crippen LogP contribution in [0.3, 0.4) is 0 Å². The molecule has 5 aliphatic carbocycles. The Bertz CT molecular complexity index is 3730. The molecule has 55 heavy (non-hydrogen) atoms. The minimum Gasteiger partial charge on any atom is -0.204 e. The topological polar surface area (TPSA) is 0 Å². The highest BCUT2D eigenvalue weighted by Gasteiger charge is 2.42. The molecule has 5 aliphatic rings. The molecule has 0 aliphatic heterocycles. The number of halogens is 6. The summed E-state index contributed by atoms with van der Waals surface area (Å²) < 4.78 is 95.9. The predicted molar refractivity (Wildman–Crippen MR) is 210 cm³/mol. The van der Waals surface area contributed by atoms with Crippen molar-refractivity contribution in [2.45, 2.75) is 11.8 Å². The zero-order chi connectivity index (χ0) is 36.5. The third-order valence-electron chi connectivity index (χ3n) is 13.1. The Morgan fingerprint density at radius 3 is 2.11 bits per heavy atom. The fraction of sp³-hybridized carbons (Fsp3) is 0.0417. The lowest BCUT2D eigenvalue weighted by atomic mass is 9.71.